The molecular weight excluding hydrogens is 320 g/mol. The van der Waals surface area contributed by atoms with Crippen molar-refractivity contribution in [3.8, 4) is 0 Å². The summed E-state index contributed by atoms with van der Waals surface area (Å²) in [5.41, 5.74) is 1.51. The summed E-state index contributed by atoms with van der Waals surface area (Å²) in [7, 11) is 0. The molecule has 2 atom stereocenters. The minimum Gasteiger partial charge on any atom is -0.378 e. The van der Waals surface area contributed by atoms with Gasteiger partial charge in [0.1, 0.15) is 0 Å². The highest BCUT2D eigenvalue weighted by Gasteiger charge is 2.59. The number of guanidine groups is 1. The molecule has 6 heteroatoms. The zero-order chi connectivity index (χ0) is 17.0. The van der Waals surface area contributed by atoms with Gasteiger partial charge in [-0.1, -0.05) is 6.42 Å². The van der Waals surface area contributed by atoms with Crippen LogP contribution < -0.4 is 10.6 Å². The van der Waals surface area contributed by atoms with Gasteiger partial charge in [-0.15, -0.1) is 11.3 Å². The van der Waals surface area contributed by atoms with Crippen molar-refractivity contribution >= 4 is 17.3 Å². The van der Waals surface area contributed by atoms with Crippen LogP contribution in [-0.4, -0.2) is 42.8 Å². The molecule has 2 aliphatic carbocycles. The number of rotatable bonds is 7. The van der Waals surface area contributed by atoms with Crippen LogP contribution in [0.2, 0.25) is 0 Å². The van der Waals surface area contributed by atoms with Crippen LogP contribution in [0.3, 0.4) is 0 Å². The molecular formula is C18H30N4OS. The van der Waals surface area contributed by atoms with E-state index in [-0.39, 0.29) is 0 Å². The summed E-state index contributed by atoms with van der Waals surface area (Å²) in [5, 5.41) is 10.3. The minimum atomic E-state index is 0.359. The Bertz CT molecular complexity index is 567. The van der Waals surface area contributed by atoms with Gasteiger partial charge in [0.2, 0.25) is 0 Å². The van der Waals surface area contributed by atoms with Crippen molar-refractivity contribution in [3.63, 3.8) is 0 Å². The number of hydrogen-bond acceptors (Lipinski definition) is 4. The van der Waals surface area contributed by atoms with Crippen LogP contribution in [-0.2, 0) is 11.2 Å². The molecule has 24 heavy (non-hydrogen) atoms. The third-order valence-electron chi connectivity index (χ3n) is 5.40. The lowest BCUT2D eigenvalue weighted by atomic mass is 9.51. The fourth-order valence-corrected chi connectivity index (χ4v) is 4.58. The predicted molar refractivity (Wildman–Crippen MR) is 99.8 cm³/mol. The van der Waals surface area contributed by atoms with Gasteiger partial charge < -0.3 is 15.4 Å². The maximum absolute atomic E-state index is 5.94. The number of aryl methyl sites for hydroxylation is 1. The fourth-order valence-electron chi connectivity index (χ4n) is 3.93. The van der Waals surface area contributed by atoms with E-state index in [0.717, 1.165) is 49.2 Å². The third-order valence-corrected chi connectivity index (χ3v) is 6.22. The summed E-state index contributed by atoms with van der Waals surface area (Å²) >= 11 is 1.71. The smallest absolute Gasteiger partial charge is 0.191 e. The molecule has 0 aliphatic heterocycles. The number of nitrogens with zero attached hydrogens (tertiary/aromatic N) is 2. The molecule has 0 radical (unpaired) electrons. The molecule has 3 rings (SSSR count). The first-order valence-electron chi connectivity index (χ1n) is 9.25. The number of aromatic nitrogens is 1. The Kier molecular flexibility index (Phi) is 5.76. The van der Waals surface area contributed by atoms with E-state index in [9.17, 15) is 0 Å². The molecule has 2 fully saturated rings. The largest absolute Gasteiger partial charge is 0.378 e. The average Bonchev–Trinajstić information content (AvgIpc) is 2.90. The zero-order valence-corrected chi connectivity index (χ0v) is 15.9. The maximum Gasteiger partial charge on any atom is 0.191 e. The molecule has 1 heterocycles. The topological polar surface area (TPSA) is 58.5 Å². The second kappa shape index (κ2) is 7.83. The minimum absolute atomic E-state index is 0.359. The molecule has 1 spiro atoms. The highest BCUT2D eigenvalue weighted by molar-refractivity contribution is 7.09. The van der Waals surface area contributed by atoms with Gasteiger partial charge in [0.25, 0.3) is 0 Å². The summed E-state index contributed by atoms with van der Waals surface area (Å²) in [6.07, 6.45) is 6.34. The highest BCUT2D eigenvalue weighted by Crippen LogP contribution is 2.57. The van der Waals surface area contributed by atoms with E-state index in [1.54, 1.807) is 11.3 Å². The van der Waals surface area contributed by atoms with Crippen LogP contribution in [0.25, 0.3) is 0 Å². The quantitative estimate of drug-likeness (QED) is 0.586. The van der Waals surface area contributed by atoms with Crippen molar-refractivity contribution in [2.24, 2.45) is 10.4 Å². The van der Waals surface area contributed by atoms with E-state index in [1.807, 2.05) is 6.92 Å². The third kappa shape index (κ3) is 3.59. The van der Waals surface area contributed by atoms with E-state index >= 15 is 0 Å². The summed E-state index contributed by atoms with van der Waals surface area (Å²) in [5.74, 6) is 0.940. The Balaban J connectivity index is 1.54. The molecule has 134 valence electrons. The van der Waals surface area contributed by atoms with Crippen molar-refractivity contribution in [1.82, 2.24) is 15.6 Å². The van der Waals surface area contributed by atoms with Crippen LogP contribution in [0.5, 0.6) is 0 Å². The SMILES string of the molecule is CCNC(=NCCc1csc(C)n1)NC1CC(OCC)C12CCC2. The van der Waals surface area contributed by atoms with Crippen molar-refractivity contribution < 1.29 is 4.74 Å². The van der Waals surface area contributed by atoms with Gasteiger partial charge in [-0.25, -0.2) is 4.98 Å². The molecule has 0 saturated heterocycles. The first-order chi connectivity index (χ1) is 11.7. The van der Waals surface area contributed by atoms with Crippen LogP contribution >= 0.6 is 11.3 Å². The van der Waals surface area contributed by atoms with Crippen LogP contribution in [0, 0.1) is 12.3 Å². The molecule has 0 bridgehead atoms. The normalized spacial score (nSPS) is 25.2. The van der Waals surface area contributed by atoms with Crippen LogP contribution in [0.15, 0.2) is 10.4 Å². The van der Waals surface area contributed by atoms with E-state index < -0.39 is 0 Å². The molecule has 0 aromatic carbocycles. The molecule has 2 aliphatic rings. The predicted octanol–water partition coefficient (Wildman–Crippen LogP) is 2.90. The highest BCUT2D eigenvalue weighted by atomic mass is 32.1. The summed E-state index contributed by atoms with van der Waals surface area (Å²) in [6.45, 7) is 8.74. The monoisotopic (exact) mass is 350 g/mol. The van der Waals surface area contributed by atoms with Gasteiger partial charge in [-0.05, 0) is 40.0 Å². The van der Waals surface area contributed by atoms with Crippen molar-refractivity contribution in [3.05, 3.63) is 16.1 Å². The van der Waals surface area contributed by atoms with Crippen LogP contribution in [0.1, 0.15) is 50.2 Å². The number of thiazole rings is 1. The van der Waals surface area contributed by atoms with Gasteiger partial charge in [0.15, 0.2) is 5.96 Å². The van der Waals surface area contributed by atoms with E-state index in [4.69, 9.17) is 9.73 Å². The number of hydrogen-bond donors (Lipinski definition) is 2. The molecule has 2 saturated carbocycles. The van der Waals surface area contributed by atoms with Gasteiger partial charge in [0, 0.05) is 43.0 Å². The fraction of sp³-hybridized carbons (Fsp3) is 0.778. The summed E-state index contributed by atoms with van der Waals surface area (Å²) in [4.78, 5) is 9.26. The van der Waals surface area contributed by atoms with Crippen molar-refractivity contribution in [2.75, 3.05) is 19.7 Å². The number of ether oxygens (including phenoxy) is 1. The number of nitrogens with one attached hydrogen (secondary N) is 2. The molecule has 5 nitrogen and oxygen atoms in total. The van der Waals surface area contributed by atoms with E-state index in [1.165, 1.54) is 19.3 Å². The van der Waals surface area contributed by atoms with Gasteiger partial charge in [0.05, 0.1) is 16.8 Å². The standard InChI is InChI=1S/C18H30N4OS/c1-4-19-17(20-10-7-14-12-24-13(3)21-14)22-15-11-16(23-5-2)18(15)8-6-9-18/h12,15-16H,4-11H2,1-3H3,(H2,19,20,22). The second-order valence-electron chi connectivity index (χ2n) is 6.83. The lowest BCUT2D eigenvalue weighted by Crippen LogP contribution is -2.68. The Labute approximate surface area is 149 Å². The Morgan fingerprint density at radius 2 is 2.29 bits per heavy atom. The molecule has 2 N–H and O–H groups in total. The van der Waals surface area contributed by atoms with Gasteiger partial charge >= 0.3 is 0 Å². The molecule has 1 aromatic heterocycles. The summed E-state index contributed by atoms with van der Waals surface area (Å²) in [6, 6.07) is 0.502. The lowest BCUT2D eigenvalue weighted by Gasteiger charge is -2.61. The Morgan fingerprint density at radius 3 is 2.88 bits per heavy atom. The first-order valence-corrected chi connectivity index (χ1v) is 10.1. The maximum atomic E-state index is 5.94. The number of aliphatic imine (C=N–C) groups is 1. The molecule has 2 unspecified atom stereocenters. The van der Waals surface area contributed by atoms with Crippen molar-refractivity contribution in [2.45, 2.75) is 65.0 Å². The Hall–Kier alpha value is -1.14. The van der Waals surface area contributed by atoms with Crippen LogP contribution in [0.4, 0.5) is 0 Å². The molecule has 0 amide bonds. The van der Waals surface area contributed by atoms with E-state index in [0.29, 0.717) is 17.6 Å². The van der Waals surface area contributed by atoms with Gasteiger partial charge in [-0.3, -0.25) is 4.99 Å². The second-order valence-corrected chi connectivity index (χ2v) is 7.89. The lowest BCUT2D eigenvalue weighted by molar-refractivity contribution is -0.168. The average molecular weight is 351 g/mol. The summed E-state index contributed by atoms with van der Waals surface area (Å²) < 4.78 is 5.94. The van der Waals surface area contributed by atoms with Gasteiger partial charge in [-0.2, -0.15) is 0 Å². The van der Waals surface area contributed by atoms with E-state index in [2.05, 4.69) is 34.8 Å². The molecule has 1 aromatic rings. The van der Waals surface area contributed by atoms with Crippen molar-refractivity contribution in [1.29, 1.82) is 0 Å². The Morgan fingerprint density at radius 1 is 1.46 bits per heavy atom. The first kappa shape index (κ1) is 17.7. The zero-order valence-electron chi connectivity index (χ0n) is 15.1.